The number of hydrazine groups is 1. The average molecular weight is 195 g/mol. The quantitative estimate of drug-likeness (QED) is 0.417. The molecular weight excluding hydrogens is 182 g/mol. The molecule has 1 rings (SSSR count). The summed E-state index contributed by atoms with van der Waals surface area (Å²) in [7, 11) is 1.90. The molecule has 0 aliphatic rings. The Morgan fingerprint density at radius 2 is 2.08 bits per heavy atom. The van der Waals surface area contributed by atoms with Gasteiger partial charge in [0.25, 0.3) is 0 Å². The summed E-state index contributed by atoms with van der Waals surface area (Å²) in [6, 6.07) is 10.1. The Morgan fingerprint density at radius 3 is 2.62 bits per heavy atom. The fourth-order valence-corrected chi connectivity index (χ4v) is 1.10. The minimum Gasteiger partial charge on any atom is -0.347 e. The molecule has 70 valence electrons. The highest BCUT2D eigenvalue weighted by Crippen LogP contribution is 2.01. The molecule has 0 aromatic heterocycles. The summed E-state index contributed by atoms with van der Waals surface area (Å²) >= 11 is 4.97. The standard InChI is InChI=1S/C9H13N3S/c1-12(9(13)11-10)7-8-5-3-2-4-6-8/h2-6H,7,10H2,1H3,(H,11,13). The van der Waals surface area contributed by atoms with E-state index >= 15 is 0 Å². The van der Waals surface area contributed by atoms with Crippen LogP contribution in [0.2, 0.25) is 0 Å². The number of nitrogens with one attached hydrogen (secondary N) is 1. The molecule has 0 fully saturated rings. The molecule has 0 aliphatic carbocycles. The fourth-order valence-electron chi connectivity index (χ4n) is 1.04. The van der Waals surface area contributed by atoms with E-state index in [0.717, 1.165) is 6.54 Å². The number of nitrogens with zero attached hydrogens (tertiary/aromatic N) is 1. The topological polar surface area (TPSA) is 41.3 Å². The van der Waals surface area contributed by atoms with Gasteiger partial charge in [-0.05, 0) is 17.8 Å². The van der Waals surface area contributed by atoms with Crippen molar-refractivity contribution in [3.63, 3.8) is 0 Å². The fraction of sp³-hybridized carbons (Fsp3) is 0.222. The molecule has 13 heavy (non-hydrogen) atoms. The summed E-state index contributed by atoms with van der Waals surface area (Å²) in [6.45, 7) is 0.768. The lowest BCUT2D eigenvalue weighted by Gasteiger charge is -2.18. The van der Waals surface area contributed by atoms with Crippen LogP contribution in [0.4, 0.5) is 0 Å². The lowest BCUT2D eigenvalue weighted by atomic mass is 10.2. The largest absolute Gasteiger partial charge is 0.347 e. The third-order valence-electron chi connectivity index (χ3n) is 1.73. The van der Waals surface area contributed by atoms with Crippen LogP contribution in [0.5, 0.6) is 0 Å². The minimum absolute atomic E-state index is 0.545. The van der Waals surface area contributed by atoms with Crippen LogP contribution in [0.3, 0.4) is 0 Å². The van der Waals surface area contributed by atoms with Gasteiger partial charge in [0.2, 0.25) is 0 Å². The third-order valence-corrected chi connectivity index (χ3v) is 2.16. The van der Waals surface area contributed by atoms with Crippen molar-refractivity contribution in [3.8, 4) is 0 Å². The molecule has 1 aromatic carbocycles. The van der Waals surface area contributed by atoms with E-state index in [4.69, 9.17) is 18.1 Å². The van der Waals surface area contributed by atoms with Crippen LogP contribution in [0, 0.1) is 0 Å². The van der Waals surface area contributed by atoms with Crippen LogP contribution < -0.4 is 11.3 Å². The molecule has 0 aliphatic heterocycles. The number of hydrogen-bond donors (Lipinski definition) is 2. The molecule has 0 spiro atoms. The van der Waals surface area contributed by atoms with Crippen molar-refractivity contribution in [1.29, 1.82) is 0 Å². The molecule has 0 saturated heterocycles. The van der Waals surface area contributed by atoms with Gasteiger partial charge >= 0.3 is 0 Å². The molecule has 3 nitrogen and oxygen atoms in total. The van der Waals surface area contributed by atoms with Crippen molar-refractivity contribution in [2.45, 2.75) is 6.54 Å². The first-order valence-electron chi connectivity index (χ1n) is 3.99. The van der Waals surface area contributed by atoms with Gasteiger partial charge in [0, 0.05) is 13.6 Å². The van der Waals surface area contributed by atoms with Gasteiger partial charge < -0.3 is 10.3 Å². The molecule has 0 saturated carbocycles. The zero-order valence-electron chi connectivity index (χ0n) is 7.53. The molecule has 0 heterocycles. The average Bonchev–Trinajstić information content (AvgIpc) is 2.18. The first-order chi connectivity index (χ1) is 6.24. The van der Waals surface area contributed by atoms with E-state index in [9.17, 15) is 0 Å². The Hall–Kier alpha value is -1.13. The second-order valence-electron chi connectivity index (χ2n) is 2.79. The van der Waals surface area contributed by atoms with Gasteiger partial charge in [-0.2, -0.15) is 0 Å². The number of hydrogen-bond acceptors (Lipinski definition) is 2. The van der Waals surface area contributed by atoms with Crippen LogP contribution in [0.15, 0.2) is 30.3 Å². The minimum atomic E-state index is 0.545. The van der Waals surface area contributed by atoms with E-state index < -0.39 is 0 Å². The third kappa shape index (κ3) is 3.01. The van der Waals surface area contributed by atoms with Gasteiger partial charge in [0.1, 0.15) is 0 Å². The van der Waals surface area contributed by atoms with Crippen molar-refractivity contribution in [2.75, 3.05) is 7.05 Å². The van der Waals surface area contributed by atoms with Crippen molar-refractivity contribution in [1.82, 2.24) is 10.3 Å². The Balaban J connectivity index is 2.55. The highest BCUT2D eigenvalue weighted by Gasteiger charge is 2.01. The van der Waals surface area contributed by atoms with E-state index in [1.54, 1.807) is 0 Å². The maximum atomic E-state index is 5.19. The molecule has 0 radical (unpaired) electrons. The van der Waals surface area contributed by atoms with E-state index in [1.165, 1.54) is 5.56 Å². The predicted octanol–water partition coefficient (Wildman–Crippen LogP) is 0.867. The molecule has 3 N–H and O–H groups in total. The van der Waals surface area contributed by atoms with Crippen molar-refractivity contribution in [2.24, 2.45) is 5.84 Å². The number of benzene rings is 1. The van der Waals surface area contributed by atoms with Gasteiger partial charge in [-0.1, -0.05) is 30.3 Å². The Bertz CT molecular complexity index is 273. The highest BCUT2D eigenvalue weighted by molar-refractivity contribution is 7.80. The van der Waals surface area contributed by atoms with E-state index in [0.29, 0.717) is 5.11 Å². The maximum Gasteiger partial charge on any atom is 0.183 e. The molecule has 0 unspecified atom stereocenters. The molecule has 0 bridgehead atoms. The van der Waals surface area contributed by atoms with Crippen molar-refractivity contribution < 1.29 is 0 Å². The van der Waals surface area contributed by atoms with Gasteiger partial charge in [-0.3, -0.25) is 0 Å². The Labute approximate surface area is 83.5 Å². The first-order valence-corrected chi connectivity index (χ1v) is 4.40. The van der Waals surface area contributed by atoms with Crippen LogP contribution in [-0.4, -0.2) is 17.1 Å². The van der Waals surface area contributed by atoms with Crippen LogP contribution in [0.25, 0.3) is 0 Å². The molecule has 4 heteroatoms. The van der Waals surface area contributed by atoms with Gasteiger partial charge in [0.05, 0.1) is 0 Å². The molecule has 1 aromatic rings. The van der Waals surface area contributed by atoms with E-state index in [2.05, 4.69) is 17.6 Å². The lowest BCUT2D eigenvalue weighted by molar-refractivity contribution is 0.491. The van der Waals surface area contributed by atoms with E-state index in [-0.39, 0.29) is 0 Å². The number of rotatable bonds is 2. The zero-order chi connectivity index (χ0) is 9.68. The van der Waals surface area contributed by atoms with Gasteiger partial charge in [-0.25, -0.2) is 5.84 Å². The van der Waals surface area contributed by atoms with Crippen LogP contribution in [0.1, 0.15) is 5.56 Å². The molecule has 0 atom stereocenters. The monoisotopic (exact) mass is 195 g/mol. The predicted molar refractivity (Wildman–Crippen MR) is 57.8 cm³/mol. The Morgan fingerprint density at radius 1 is 1.46 bits per heavy atom. The molecule has 0 amide bonds. The summed E-state index contributed by atoms with van der Waals surface area (Å²) in [5, 5.41) is 0.545. The van der Waals surface area contributed by atoms with Gasteiger partial charge in [0.15, 0.2) is 5.11 Å². The highest BCUT2D eigenvalue weighted by atomic mass is 32.1. The van der Waals surface area contributed by atoms with Crippen molar-refractivity contribution in [3.05, 3.63) is 35.9 Å². The van der Waals surface area contributed by atoms with E-state index in [1.807, 2.05) is 30.1 Å². The number of thiocarbonyl (C=S) groups is 1. The van der Waals surface area contributed by atoms with Crippen LogP contribution >= 0.6 is 12.2 Å². The second kappa shape index (κ2) is 4.79. The number of nitrogens with two attached hydrogens (primary N) is 1. The van der Waals surface area contributed by atoms with Crippen molar-refractivity contribution >= 4 is 17.3 Å². The SMILES string of the molecule is CN(Cc1ccccc1)C(=S)NN. The molecular formula is C9H13N3S. The summed E-state index contributed by atoms with van der Waals surface area (Å²) in [5.41, 5.74) is 3.65. The summed E-state index contributed by atoms with van der Waals surface area (Å²) in [6.07, 6.45) is 0. The summed E-state index contributed by atoms with van der Waals surface area (Å²) in [5.74, 6) is 5.19. The maximum absolute atomic E-state index is 5.19. The normalized spacial score (nSPS) is 9.38. The zero-order valence-corrected chi connectivity index (χ0v) is 8.34. The lowest BCUT2D eigenvalue weighted by Crippen LogP contribution is -2.40. The second-order valence-corrected chi connectivity index (χ2v) is 3.18. The van der Waals surface area contributed by atoms with Crippen LogP contribution in [-0.2, 0) is 6.54 Å². The summed E-state index contributed by atoms with van der Waals surface area (Å²) < 4.78 is 0. The Kier molecular flexibility index (Phi) is 3.67. The first kappa shape index (κ1) is 9.95. The summed E-state index contributed by atoms with van der Waals surface area (Å²) in [4.78, 5) is 1.88. The van der Waals surface area contributed by atoms with Gasteiger partial charge in [-0.15, -0.1) is 0 Å². The smallest absolute Gasteiger partial charge is 0.183 e.